The molecule has 122 valence electrons. The van der Waals surface area contributed by atoms with Gasteiger partial charge in [0.15, 0.2) is 0 Å². The van der Waals surface area contributed by atoms with Crippen molar-refractivity contribution in [2.45, 2.75) is 32.5 Å². The zero-order valence-electron chi connectivity index (χ0n) is 12.7. The number of halogens is 3. The third-order valence-electron chi connectivity index (χ3n) is 3.77. The number of rotatable bonds is 4. The Hall–Kier alpha value is -1.76. The molecular formula is C15H19F3N2O2. The SMILES string of the molecule is COc1ccc(C[C@H](N2CC(C)(C)C(=O)N2)C(F)(F)F)cc1. The first-order valence-electron chi connectivity index (χ1n) is 6.91. The van der Waals surface area contributed by atoms with Gasteiger partial charge in [-0.3, -0.25) is 10.2 Å². The van der Waals surface area contributed by atoms with E-state index in [1.165, 1.54) is 7.11 Å². The van der Waals surface area contributed by atoms with Crippen molar-refractivity contribution in [3.8, 4) is 5.75 Å². The first kappa shape index (κ1) is 16.6. The molecule has 7 heteroatoms. The van der Waals surface area contributed by atoms with Gasteiger partial charge in [0.2, 0.25) is 5.91 Å². The van der Waals surface area contributed by atoms with Gasteiger partial charge in [-0.05, 0) is 38.0 Å². The normalized spacial score (nSPS) is 19.8. The smallest absolute Gasteiger partial charge is 0.406 e. The Morgan fingerprint density at radius 2 is 1.91 bits per heavy atom. The summed E-state index contributed by atoms with van der Waals surface area (Å²) in [6, 6.07) is 4.68. The highest BCUT2D eigenvalue weighted by molar-refractivity contribution is 5.83. The third-order valence-corrected chi connectivity index (χ3v) is 3.77. The molecule has 1 fully saturated rings. The Labute approximate surface area is 127 Å². The number of benzene rings is 1. The van der Waals surface area contributed by atoms with Gasteiger partial charge in [-0.25, -0.2) is 5.01 Å². The van der Waals surface area contributed by atoms with E-state index < -0.39 is 23.5 Å². The second-order valence-corrected chi connectivity index (χ2v) is 6.06. The number of carbonyl (C=O) groups excluding carboxylic acids is 1. The second kappa shape index (κ2) is 5.79. The molecule has 1 N–H and O–H groups in total. The van der Waals surface area contributed by atoms with Crippen molar-refractivity contribution in [1.29, 1.82) is 0 Å². The molecule has 0 aromatic heterocycles. The molecule has 1 heterocycles. The number of nitrogens with zero attached hydrogens (tertiary/aromatic N) is 1. The Kier molecular flexibility index (Phi) is 4.37. The van der Waals surface area contributed by atoms with Crippen LogP contribution in [0.5, 0.6) is 5.75 Å². The molecular weight excluding hydrogens is 297 g/mol. The summed E-state index contributed by atoms with van der Waals surface area (Å²) < 4.78 is 45.1. The van der Waals surface area contributed by atoms with Crippen LogP contribution < -0.4 is 10.2 Å². The summed E-state index contributed by atoms with van der Waals surface area (Å²) >= 11 is 0. The number of hydrogen-bond acceptors (Lipinski definition) is 3. The van der Waals surface area contributed by atoms with Crippen LogP contribution in [0.1, 0.15) is 19.4 Å². The van der Waals surface area contributed by atoms with Crippen molar-refractivity contribution in [3.63, 3.8) is 0 Å². The van der Waals surface area contributed by atoms with E-state index in [2.05, 4.69) is 5.43 Å². The highest BCUT2D eigenvalue weighted by atomic mass is 19.4. The number of amides is 1. The van der Waals surface area contributed by atoms with Crippen LogP contribution >= 0.6 is 0 Å². The van der Waals surface area contributed by atoms with Crippen LogP contribution in [0.4, 0.5) is 13.2 Å². The maximum atomic E-state index is 13.4. The van der Waals surface area contributed by atoms with Crippen LogP contribution in [-0.2, 0) is 11.2 Å². The van der Waals surface area contributed by atoms with Gasteiger partial charge in [0.25, 0.3) is 0 Å². The van der Waals surface area contributed by atoms with Crippen molar-refractivity contribution in [2.75, 3.05) is 13.7 Å². The molecule has 0 spiro atoms. The van der Waals surface area contributed by atoms with Gasteiger partial charge in [-0.1, -0.05) is 12.1 Å². The molecule has 0 radical (unpaired) electrons. The highest BCUT2D eigenvalue weighted by Gasteiger charge is 2.50. The highest BCUT2D eigenvalue weighted by Crippen LogP contribution is 2.32. The Morgan fingerprint density at radius 1 is 1.32 bits per heavy atom. The average Bonchev–Trinajstić information content (AvgIpc) is 2.69. The summed E-state index contributed by atoms with van der Waals surface area (Å²) in [5.74, 6) is 0.194. The van der Waals surface area contributed by atoms with Gasteiger partial charge >= 0.3 is 6.18 Å². The monoisotopic (exact) mass is 316 g/mol. The van der Waals surface area contributed by atoms with E-state index in [1.807, 2.05) is 0 Å². The zero-order chi connectivity index (χ0) is 16.5. The molecule has 0 bridgehead atoms. The average molecular weight is 316 g/mol. The van der Waals surface area contributed by atoms with Crippen LogP contribution in [0, 0.1) is 5.41 Å². The summed E-state index contributed by atoms with van der Waals surface area (Å²) in [5.41, 5.74) is 2.04. The lowest BCUT2D eigenvalue weighted by atomic mass is 9.94. The number of alkyl halides is 3. The van der Waals surface area contributed by atoms with Gasteiger partial charge < -0.3 is 4.74 Å². The lowest BCUT2D eigenvalue weighted by Gasteiger charge is -2.29. The Bertz CT molecular complexity index is 541. The fraction of sp³-hybridized carbons (Fsp3) is 0.533. The predicted octanol–water partition coefficient (Wildman–Crippen LogP) is 2.54. The topological polar surface area (TPSA) is 41.6 Å². The quantitative estimate of drug-likeness (QED) is 0.928. The van der Waals surface area contributed by atoms with Gasteiger partial charge in [0.05, 0.1) is 12.5 Å². The lowest BCUT2D eigenvalue weighted by Crippen LogP contribution is -2.51. The van der Waals surface area contributed by atoms with Crippen LogP contribution in [0.25, 0.3) is 0 Å². The number of ether oxygens (including phenoxy) is 1. The van der Waals surface area contributed by atoms with Gasteiger partial charge in [0.1, 0.15) is 11.8 Å². The minimum absolute atomic E-state index is 0.0200. The van der Waals surface area contributed by atoms with Crippen molar-refractivity contribution < 1.29 is 22.7 Å². The molecule has 0 unspecified atom stereocenters. The summed E-state index contributed by atoms with van der Waals surface area (Å²) in [6.07, 6.45) is -4.67. The van der Waals surface area contributed by atoms with E-state index in [1.54, 1.807) is 38.1 Å². The van der Waals surface area contributed by atoms with Crippen LogP contribution in [-0.4, -0.2) is 36.8 Å². The van der Waals surface area contributed by atoms with Crippen molar-refractivity contribution in [3.05, 3.63) is 29.8 Å². The van der Waals surface area contributed by atoms with E-state index in [9.17, 15) is 18.0 Å². The van der Waals surface area contributed by atoms with E-state index in [0.717, 1.165) is 5.01 Å². The van der Waals surface area contributed by atoms with Gasteiger partial charge in [0, 0.05) is 6.54 Å². The number of hydrazine groups is 1. The number of methoxy groups -OCH3 is 1. The third kappa shape index (κ3) is 3.52. The molecule has 2 rings (SSSR count). The van der Waals surface area contributed by atoms with Crippen LogP contribution in [0.2, 0.25) is 0 Å². The molecule has 1 aromatic carbocycles. The van der Waals surface area contributed by atoms with Crippen molar-refractivity contribution in [2.24, 2.45) is 5.41 Å². The summed E-state index contributed by atoms with van der Waals surface area (Å²) in [6.45, 7) is 3.28. The molecule has 1 aliphatic heterocycles. The molecule has 0 aliphatic carbocycles. The second-order valence-electron chi connectivity index (χ2n) is 6.06. The standard InChI is InChI=1S/C15H19F3N2O2/c1-14(2)9-20(19-13(14)21)12(15(16,17)18)8-10-4-6-11(22-3)7-5-10/h4-7,12H,8-9H2,1-3H3,(H,19,21)/t12-/m0/s1. The zero-order valence-corrected chi connectivity index (χ0v) is 12.7. The minimum Gasteiger partial charge on any atom is -0.497 e. The maximum absolute atomic E-state index is 13.4. The van der Waals surface area contributed by atoms with Gasteiger partial charge in [-0.2, -0.15) is 13.2 Å². The van der Waals surface area contributed by atoms with E-state index >= 15 is 0 Å². The van der Waals surface area contributed by atoms with Crippen molar-refractivity contribution >= 4 is 5.91 Å². The Morgan fingerprint density at radius 3 is 2.32 bits per heavy atom. The number of hydrogen-bond donors (Lipinski definition) is 1. The largest absolute Gasteiger partial charge is 0.497 e. The van der Waals surface area contributed by atoms with Gasteiger partial charge in [-0.15, -0.1) is 0 Å². The molecule has 1 saturated heterocycles. The van der Waals surface area contributed by atoms with Crippen LogP contribution in [0.3, 0.4) is 0 Å². The molecule has 1 amide bonds. The molecule has 0 saturated carbocycles. The fourth-order valence-corrected chi connectivity index (χ4v) is 2.39. The molecule has 1 atom stereocenters. The summed E-state index contributed by atoms with van der Waals surface area (Å²) in [5, 5.41) is 0.993. The molecule has 1 aromatic rings. The van der Waals surface area contributed by atoms with Crippen molar-refractivity contribution in [1.82, 2.24) is 10.4 Å². The summed E-state index contributed by atoms with van der Waals surface area (Å²) in [4.78, 5) is 11.7. The minimum atomic E-state index is -4.44. The number of carbonyl (C=O) groups is 1. The Balaban J connectivity index is 2.19. The molecule has 1 aliphatic rings. The molecule has 22 heavy (non-hydrogen) atoms. The summed E-state index contributed by atoms with van der Waals surface area (Å²) in [7, 11) is 1.50. The lowest BCUT2D eigenvalue weighted by molar-refractivity contribution is -0.188. The van der Waals surface area contributed by atoms with Crippen LogP contribution in [0.15, 0.2) is 24.3 Å². The van der Waals surface area contributed by atoms with E-state index in [0.29, 0.717) is 11.3 Å². The molecule has 4 nitrogen and oxygen atoms in total. The first-order chi connectivity index (χ1) is 10.1. The predicted molar refractivity (Wildman–Crippen MR) is 75.2 cm³/mol. The fourth-order valence-electron chi connectivity index (χ4n) is 2.39. The van der Waals surface area contributed by atoms with E-state index in [4.69, 9.17) is 4.74 Å². The first-order valence-corrected chi connectivity index (χ1v) is 6.91. The number of nitrogens with one attached hydrogen (secondary N) is 1. The maximum Gasteiger partial charge on any atom is 0.406 e. The van der Waals surface area contributed by atoms with E-state index in [-0.39, 0.29) is 13.0 Å².